The van der Waals surface area contributed by atoms with E-state index in [-0.39, 0.29) is 0 Å². The van der Waals surface area contributed by atoms with Gasteiger partial charge >= 0.3 is 0 Å². The molecule has 0 aromatic rings. The molecule has 2 aliphatic heterocycles. The van der Waals surface area contributed by atoms with E-state index >= 15 is 0 Å². The Bertz CT molecular complexity index is 235. The Morgan fingerprint density at radius 2 is 1.69 bits per heavy atom. The number of nitrogens with zero attached hydrogens (tertiary/aromatic N) is 3. The molecule has 0 saturated carbocycles. The molecule has 2 aliphatic rings. The van der Waals surface area contributed by atoms with Crippen molar-refractivity contribution < 1.29 is 4.79 Å². The zero-order chi connectivity index (χ0) is 11.4. The van der Waals surface area contributed by atoms with E-state index in [0.717, 1.165) is 39.3 Å². The minimum Gasteiger partial charge on any atom is -0.339 e. The lowest BCUT2D eigenvalue weighted by atomic mass is 10.3. The molecule has 2 saturated heterocycles. The zero-order valence-corrected chi connectivity index (χ0v) is 10.8. The van der Waals surface area contributed by atoms with Gasteiger partial charge in [-0.1, -0.05) is 11.9 Å². The second-order valence-electron chi connectivity index (χ2n) is 4.48. The summed E-state index contributed by atoms with van der Waals surface area (Å²) in [5.41, 5.74) is 0. The first-order valence-electron chi connectivity index (χ1n) is 6.09. The number of carbonyl (C=O) groups excluding carboxylic acids is 1. The maximum Gasteiger partial charge on any atom is 0.236 e. The highest BCUT2D eigenvalue weighted by Crippen LogP contribution is 2.12. The van der Waals surface area contributed by atoms with Gasteiger partial charge in [-0.2, -0.15) is 0 Å². The topological polar surface area (TPSA) is 26.8 Å². The largest absolute Gasteiger partial charge is 0.339 e. The van der Waals surface area contributed by atoms with Gasteiger partial charge in [0.05, 0.1) is 6.54 Å². The van der Waals surface area contributed by atoms with Gasteiger partial charge in [-0.05, 0) is 32.2 Å². The molecule has 0 unspecified atom stereocenters. The number of piperazine rings is 1. The summed E-state index contributed by atoms with van der Waals surface area (Å²) in [6.07, 6.45) is 4.61. The summed E-state index contributed by atoms with van der Waals surface area (Å²) >= 11 is 1.78. The molecule has 1 amide bonds. The molecule has 0 spiro atoms. The van der Waals surface area contributed by atoms with Crippen molar-refractivity contribution in [3.63, 3.8) is 0 Å². The highest BCUT2D eigenvalue weighted by molar-refractivity contribution is 7.96. The van der Waals surface area contributed by atoms with Crippen molar-refractivity contribution in [3.05, 3.63) is 0 Å². The number of amides is 1. The molecular weight excluding hydrogens is 222 g/mol. The minimum absolute atomic E-state index is 0.322. The van der Waals surface area contributed by atoms with Gasteiger partial charge in [0.25, 0.3) is 0 Å². The van der Waals surface area contributed by atoms with Crippen molar-refractivity contribution >= 4 is 17.9 Å². The summed E-state index contributed by atoms with van der Waals surface area (Å²) in [4.78, 5) is 16.3. The number of hydrogen-bond acceptors (Lipinski definition) is 4. The summed E-state index contributed by atoms with van der Waals surface area (Å²) in [6, 6.07) is 0. The van der Waals surface area contributed by atoms with Crippen molar-refractivity contribution in [3.8, 4) is 0 Å². The number of rotatable bonds is 3. The summed E-state index contributed by atoms with van der Waals surface area (Å²) < 4.78 is 2.32. The summed E-state index contributed by atoms with van der Waals surface area (Å²) in [5, 5.41) is 0. The Hall–Kier alpha value is -0.260. The maximum absolute atomic E-state index is 12.0. The van der Waals surface area contributed by atoms with Crippen LogP contribution in [0, 0.1) is 0 Å². The Morgan fingerprint density at radius 3 is 2.25 bits per heavy atom. The standard InChI is InChI=1S/C11H21N3OS/c1-16-14-8-6-13(7-9-14)11(15)10-12-4-2-3-5-12/h2-10H2,1H3. The third-order valence-electron chi connectivity index (χ3n) is 3.41. The fourth-order valence-electron chi connectivity index (χ4n) is 2.35. The highest BCUT2D eigenvalue weighted by Gasteiger charge is 2.23. The molecule has 2 rings (SSSR count). The molecule has 0 atom stereocenters. The van der Waals surface area contributed by atoms with Gasteiger partial charge in [-0.15, -0.1) is 0 Å². The SMILES string of the molecule is CSN1CCN(C(=O)CN2CCCC2)CC1. The first-order chi connectivity index (χ1) is 7.79. The first-order valence-corrected chi connectivity index (χ1v) is 7.27. The predicted octanol–water partition coefficient (Wildman–Crippen LogP) is 0.504. The van der Waals surface area contributed by atoms with Crippen LogP contribution < -0.4 is 0 Å². The quantitative estimate of drug-likeness (QED) is 0.675. The van der Waals surface area contributed by atoms with E-state index in [4.69, 9.17) is 0 Å². The molecule has 0 bridgehead atoms. The van der Waals surface area contributed by atoms with Crippen LogP contribution in [0.25, 0.3) is 0 Å². The van der Waals surface area contributed by atoms with E-state index in [1.54, 1.807) is 11.9 Å². The summed E-state index contributed by atoms with van der Waals surface area (Å²) in [5.74, 6) is 0.322. The van der Waals surface area contributed by atoms with Gasteiger partial charge in [-0.3, -0.25) is 9.69 Å². The van der Waals surface area contributed by atoms with Gasteiger partial charge in [0.2, 0.25) is 5.91 Å². The molecule has 0 aliphatic carbocycles. The molecule has 0 N–H and O–H groups in total. The number of likely N-dealkylation sites (tertiary alicyclic amines) is 1. The minimum atomic E-state index is 0.322. The van der Waals surface area contributed by atoms with E-state index in [1.807, 2.05) is 4.90 Å². The van der Waals surface area contributed by atoms with E-state index in [1.165, 1.54) is 12.8 Å². The number of hydrogen-bond donors (Lipinski definition) is 0. The van der Waals surface area contributed by atoms with Gasteiger partial charge < -0.3 is 4.90 Å². The average Bonchev–Trinajstić information content (AvgIpc) is 2.82. The van der Waals surface area contributed by atoms with Crippen molar-refractivity contribution in [1.29, 1.82) is 0 Å². The van der Waals surface area contributed by atoms with Crippen molar-refractivity contribution in [1.82, 2.24) is 14.1 Å². The molecule has 5 heteroatoms. The summed E-state index contributed by atoms with van der Waals surface area (Å²) in [7, 11) is 0. The predicted molar refractivity (Wildman–Crippen MR) is 67.3 cm³/mol. The van der Waals surface area contributed by atoms with E-state index in [2.05, 4.69) is 15.5 Å². The van der Waals surface area contributed by atoms with Crippen LogP contribution in [0.4, 0.5) is 0 Å². The Morgan fingerprint density at radius 1 is 1.06 bits per heavy atom. The lowest BCUT2D eigenvalue weighted by Crippen LogP contribution is -2.49. The van der Waals surface area contributed by atoms with Crippen LogP contribution in [0.15, 0.2) is 0 Å². The van der Waals surface area contributed by atoms with Crippen LogP contribution in [0.1, 0.15) is 12.8 Å². The van der Waals surface area contributed by atoms with E-state index in [9.17, 15) is 4.79 Å². The van der Waals surface area contributed by atoms with Crippen molar-refractivity contribution in [2.24, 2.45) is 0 Å². The van der Waals surface area contributed by atoms with Crippen LogP contribution >= 0.6 is 11.9 Å². The number of carbonyl (C=O) groups is 1. The molecule has 0 aromatic heterocycles. The molecule has 16 heavy (non-hydrogen) atoms. The normalized spacial score (nSPS) is 23.9. The van der Waals surface area contributed by atoms with Crippen LogP contribution in [-0.4, -0.2) is 72.1 Å². The smallest absolute Gasteiger partial charge is 0.236 e. The molecule has 4 nitrogen and oxygen atoms in total. The van der Waals surface area contributed by atoms with Crippen LogP contribution in [0.2, 0.25) is 0 Å². The van der Waals surface area contributed by atoms with Gasteiger partial charge in [0.1, 0.15) is 0 Å². The van der Waals surface area contributed by atoms with Crippen LogP contribution in [-0.2, 0) is 4.79 Å². The second-order valence-corrected chi connectivity index (χ2v) is 5.36. The summed E-state index contributed by atoms with van der Waals surface area (Å²) in [6.45, 7) is 6.66. The van der Waals surface area contributed by atoms with Gasteiger partial charge in [-0.25, -0.2) is 4.31 Å². The third-order valence-corrected chi connectivity index (χ3v) is 4.29. The van der Waals surface area contributed by atoms with Crippen molar-refractivity contribution in [2.75, 3.05) is 52.1 Å². The Labute approximate surface area is 102 Å². The second kappa shape index (κ2) is 5.89. The average molecular weight is 243 g/mol. The van der Waals surface area contributed by atoms with Crippen LogP contribution in [0.5, 0.6) is 0 Å². The fourth-order valence-corrected chi connectivity index (χ4v) is 2.88. The molecule has 0 radical (unpaired) electrons. The molecule has 2 fully saturated rings. The van der Waals surface area contributed by atoms with Gasteiger partial charge in [0.15, 0.2) is 0 Å². The van der Waals surface area contributed by atoms with E-state index < -0.39 is 0 Å². The third kappa shape index (κ3) is 3.12. The first kappa shape index (κ1) is 12.2. The van der Waals surface area contributed by atoms with E-state index in [0.29, 0.717) is 12.5 Å². The lowest BCUT2D eigenvalue weighted by Gasteiger charge is -2.34. The molecule has 0 aromatic carbocycles. The lowest BCUT2D eigenvalue weighted by molar-refractivity contribution is -0.133. The molecular formula is C11H21N3OS. The molecule has 92 valence electrons. The van der Waals surface area contributed by atoms with Crippen molar-refractivity contribution in [2.45, 2.75) is 12.8 Å². The molecule has 2 heterocycles. The zero-order valence-electron chi connectivity index (χ0n) is 10.0. The fraction of sp³-hybridized carbons (Fsp3) is 0.909. The van der Waals surface area contributed by atoms with Gasteiger partial charge in [0, 0.05) is 26.2 Å². The monoisotopic (exact) mass is 243 g/mol. The maximum atomic E-state index is 12.0. The van der Waals surface area contributed by atoms with Crippen LogP contribution in [0.3, 0.4) is 0 Å². The highest BCUT2D eigenvalue weighted by atomic mass is 32.2. The Kier molecular flexibility index (Phi) is 4.49. The Balaban J connectivity index is 1.73.